The number of aromatic amines is 1. The molecule has 0 saturated carbocycles. The molecule has 100 valence electrons. The van der Waals surface area contributed by atoms with Gasteiger partial charge in [-0.3, -0.25) is 4.79 Å². The predicted octanol–water partition coefficient (Wildman–Crippen LogP) is 3.22. The van der Waals surface area contributed by atoms with Crippen molar-refractivity contribution in [2.45, 2.75) is 32.6 Å². The average molecular weight is 258 g/mol. The number of H-pyrrole nitrogens is 1. The highest BCUT2D eigenvalue weighted by Crippen LogP contribution is 2.24. The maximum absolute atomic E-state index is 10.6. The van der Waals surface area contributed by atoms with Gasteiger partial charge in [-0.15, -0.1) is 0 Å². The number of hydrogen-bond donors (Lipinski definition) is 2. The first-order valence-corrected chi connectivity index (χ1v) is 6.42. The van der Waals surface area contributed by atoms with Crippen molar-refractivity contribution in [3.05, 3.63) is 41.9 Å². The van der Waals surface area contributed by atoms with Crippen LogP contribution in [0, 0.1) is 0 Å². The normalized spacial score (nSPS) is 10.9. The maximum Gasteiger partial charge on any atom is 0.303 e. The number of hydrogen-bond acceptors (Lipinski definition) is 2. The molecule has 0 amide bonds. The Hall–Kier alpha value is -2.10. The minimum absolute atomic E-state index is 0.110. The van der Waals surface area contributed by atoms with Crippen molar-refractivity contribution in [3.63, 3.8) is 0 Å². The standard InChI is InChI=1S/C15H18N2O2/c1-10(2)11-3-5-12(6-4-11)15-13(16-9-17-15)7-8-14(18)19/h3-6,9-10H,7-8H2,1-2H3,(H,16,17)(H,18,19). The molecule has 0 aliphatic carbocycles. The van der Waals surface area contributed by atoms with Gasteiger partial charge in [0, 0.05) is 17.7 Å². The highest BCUT2D eigenvalue weighted by atomic mass is 16.4. The average Bonchev–Trinajstić information content (AvgIpc) is 2.84. The van der Waals surface area contributed by atoms with Crippen molar-refractivity contribution in [3.8, 4) is 11.3 Å². The van der Waals surface area contributed by atoms with Crippen LogP contribution < -0.4 is 0 Å². The lowest BCUT2D eigenvalue weighted by molar-refractivity contribution is -0.136. The van der Waals surface area contributed by atoms with Gasteiger partial charge in [0.05, 0.1) is 18.4 Å². The van der Waals surface area contributed by atoms with Crippen LogP contribution in [0.2, 0.25) is 0 Å². The molecule has 0 atom stereocenters. The molecule has 1 aromatic carbocycles. The van der Waals surface area contributed by atoms with Crippen molar-refractivity contribution >= 4 is 5.97 Å². The quantitative estimate of drug-likeness (QED) is 0.865. The highest BCUT2D eigenvalue weighted by Gasteiger charge is 2.10. The van der Waals surface area contributed by atoms with Gasteiger partial charge in [-0.1, -0.05) is 38.1 Å². The van der Waals surface area contributed by atoms with Crippen molar-refractivity contribution in [2.75, 3.05) is 0 Å². The van der Waals surface area contributed by atoms with Crippen molar-refractivity contribution in [1.29, 1.82) is 0 Å². The molecule has 0 aliphatic heterocycles. The molecule has 0 spiro atoms. The zero-order valence-corrected chi connectivity index (χ0v) is 11.2. The summed E-state index contributed by atoms with van der Waals surface area (Å²) >= 11 is 0. The summed E-state index contributed by atoms with van der Waals surface area (Å²) in [5.74, 6) is -0.296. The van der Waals surface area contributed by atoms with Crippen LogP contribution in [0.15, 0.2) is 30.6 Å². The predicted molar refractivity (Wildman–Crippen MR) is 74.1 cm³/mol. The van der Waals surface area contributed by atoms with Crippen molar-refractivity contribution in [2.24, 2.45) is 0 Å². The van der Waals surface area contributed by atoms with Crippen LogP contribution in [0.1, 0.15) is 37.4 Å². The summed E-state index contributed by atoms with van der Waals surface area (Å²) in [4.78, 5) is 17.9. The number of carbonyl (C=O) groups is 1. The first-order valence-electron chi connectivity index (χ1n) is 6.42. The van der Waals surface area contributed by atoms with Crippen LogP contribution in [0.4, 0.5) is 0 Å². The molecule has 2 N–H and O–H groups in total. The first-order chi connectivity index (χ1) is 9.08. The zero-order chi connectivity index (χ0) is 13.8. The lowest BCUT2D eigenvalue weighted by Crippen LogP contribution is -1.99. The van der Waals surface area contributed by atoms with E-state index in [9.17, 15) is 4.79 Å². The molecule has 4 heteroatoms. The molecule has 0 fully saturated rings. The highest BCUT2D eigenvalue weighted by molar-refractivity contribution is 5.68. The number of rotatable bonds is 5. The molecule has 2 aromatic rings. The summed E-state index contributed by atoms with van der Waals surface area (Å²) in [5.41, 5.74) is 4.02. The molecule has 0 aliphatic rings. The van der Waals surface area contributed by atoms with E-state index < -0.39 is 5.97 Å². The van der Waals surface area contributed by atoms with E-state index in [4.69, 9.17) is 5.11 Å². The molecular weight excluding hydrogens is 240 g/mol. The summed E-state index contributed by atoms with van der Waals surface area (Å²) in [5, 5.41) is 8.74. The fourth-order valence-corrected chi connectivity index (χ4v) is 2.02. The van der Waals surface area contributed by atoms with E-state index in [0.717, 1.165) is 17.0 Å². The smallest absolute Gasteiger partial charge is 0.303 e. The Kier molecular flexibility index (Phi) is 4.00. The Bertz CT molecular complexity index is 556. The number of nitrogens with one attached hydrogen (secondary N) is 1. The van der Waals surface area contributed by atoms with Crippen molar-refractivity contribution in [1.82, 2.24) is 9.97 Å². The fraction of sp³-hybridized carbons (Fsp3) is 0.333. The fourth-order valence-electron chi connectivity index (χ4n) is 2.02. The molecule has 0 radical (unpaired) electrons. The van der Waals surface area contributed by atoms with Gasteiger partial charge in [0.15, 0.2) is 0 Å². The molecule has 2 rings (SSSR count). The van der Waals surface area contributed by atoms with Crippen LogP contribution in [-0.2, 0) is 11.2 Å². The molecule has 4 nitrogen and oxygen atoms in total. The van der Waals surface area contributed by atoms with Gasteiger partial charge in [-0.05, 0) is 11.5 Å². The first kappa shape index (κ1) is 13.3. The van der Waals surface area contributed by atoms with Gasteiger partial charge >= 0.3 is 5.97 Å². The maximum atomic E-state index is 10.6. The molecule has 0 bridgehead atoms. The van der Waals surface area contributed by atoms with E-state index in [2.05, 4.69) is 35.9 Å². The number of benzene rings is 1. The van der Waals surface area contributed by atoms with Crippen LogP contribution in [-0.4, -0.2) is 21.0 Å². The summed E-state index contributed by atoms with van der Waals surface area (Å²) in [6.07, 6.45) is 2.19. The number of aliphatic carboxylic acids is 1. The molecule has 1 heterocycles. The monoisotopic (exact) mass is 258 g/mol. The van der Waals surface area contributed by atoms with Gasteiger partial charge in [0.2, 0.25) is 0 Å². The Morgan fingerprint density at radius 3 is 2.58 bits per heavy atom. The summed E-state index contributed by atoms with van der Waals surface area (Å²) < 4.78 is 0. The number of aryl methyl sites for hydroxylation is 1. The molecule has 19 heavy (non-hydrogen) atoms. The number of nitrogens with zero attached hydrogens (tertiary/aromatic N) is 1. The van der Waals surface area contributed by atoms with Crippen molar-refractivity contribution < 1.29 is 9.90 Å². The molecule has 1 aromatic heterocycles. The number of carboxylic acid groups (broad SMARTS) is 1. The molecule has 0 saturated heterocycles. The Balaban J connectivity index is 2.22. The lowest BCUT2D eigenvalue weighted by Gasteiger charge is -2.07. The third-order valence-corrected chi connectivity index (χ3v) is 3.16. The number of aromatic nitrogens is 2. The van der Waals surface area contributed by atoms with Gasteiger partial charge < -0.3 is 10.1 Å². The minimum Gasteiger partial charge on any atom is -0.481 e. The topological polar surface area (TPSA) is 66.0 Å². The SMILES string of the molecule is CC(C)c1ccc(-c2nc[nH]c2CCC(=O)O)cc1. The van der Waals surface area contributed by atoms with E-state index in [1.165, 1.54) is 5.56 Å². The Morgan fingerprint density at radius 1 is 1.32 bits per heavy atom. The second-order valence-corrected chi connectivity index (χ2v) is 4.90. The number of carboxylic acids is 1. The Morgan fingerprint density at radius 2 is 2.00 bits per heavy atom. The summed E-state index contributed by atoms with van der Waals surface area (Å²) in [6.45, 7) is 4.31. The van der Waals surface area contributed by atoms with Gasteiger partial charge in [-0.2, -0.15) is 0 Å². The third kappa shape index (κ3) is 3.22. The van der Waals surface area contributed by atoms with E-state index in [1.807, 2.05) is 12.1 Å². The summed E-state index contributed by atoms with van der Waals surface area (Å²) in [6, 6.07) is 8.26. The zero-order valence-electron chi connectivity index (χ0n) is 11.2. The Labute approximate surface area is 112 Å². The van der Waals surface area contributed by atoms with E-state index in [-0.39, 0.29) is 6.42 Å². The molecular formula is C15H18N2O2. The second-order valence-electron chi connectivity index (χ2n) is 4.90. The third-order valence-electron chi connectivity index (χ3n) is 3.16. The second kappa shape index (κ2) is 5.69. The number of imidazole rings is 1. The molecule has 0 unspecified atom stereocenters. The van der Waals surface area contributed by atoms with Crippen LogP contribution in [0.5, 0.6) is 0 Å². The van der Waals surface area contributed by atoms with Gasteiger partial charge in [0.25, 0.3) is 0 Å². The van der Waals surface area contributed by atoms with Crippen LogP contribution in [0.3, 0.4) is 0 Å². The van der Waals surface area contributed by atoms with Gasteiger partial charge in [0.1, 0.15) is 0 Å². The summed E-state index contributed by atoms with van der Waals surface area (Å²) in [7, 11) is 0. The minimum atomic E-state index is -0.796. The van der Waals surface area contributed by atoms with E-state index >= 15 is 0 Å². The lowest BCUT2D eigenvalue weighted by atomic mass is 10.00. The largest absolute Gasteiger partial charge is 0.481 e. The van der Waals surface area contributed by atoms with Gasteiger partial charge in [-0.25, -0.2) is 4.98 Å². The van der Waals surface area contributed by atoms with E-state index in [0.29, 0.717) is 12.3 Å². The van der Waals surface area contributed by atoms with Crippen LogP contribution >= 0.6 is 0 Å². The van der Waals surface area contributed by atoms with Crippen LogP contribution in [0.25, 0.3) is 11.3 Å². The van der Waals surface area contributed by atoms with E-state index in [1.54, 1.807) is 6.33 Å².